The summed E-state index contributed by atoms with van der Waals surface area (Å²) in [5.41, 5.74) is 0.0164. The summed E-state index contributed by atoms with van der Waals surface area (Å²) in [6.45, 7) is -0.0193. The van der Waals surface area contributed by atoms with E-state index in [9.17, 15) is 9.59 Å². The Kier molecular flexibility index (Phi) is 3.89. The standard InChI is InChI=1S/C18H14N4O3S/c23-15-18(12-7-3-1-4-8-12,13-9-5-2-6-10-13)22(16(24)19-15)11-14-20-21-17(26)25-14/h1-10H,11H2,(H,21,26)(H,19,23,24). The van der Waals surface area contributed by atoms with Crippen LogP contribution in [0.5, 0.6) is 0 Å². The van der Waals surface area contributed by atoms with Crippen LogP contribution in [0.2, 0.25) is 0 Å². The Morgan fingerprint density at radius 2 is 1.58 bits per heavy atom. The van der Waals surface area contributed by atoms with Crippen LogP contribution in [-0.2, 0) is 16.9 Å². The fourth-order valence-corrected chi connectivity index (χ4v) is 3.42. The van der Waals surface area contributed by atoms with E-state index in [2.05, 4.69) is 15.5 Å². The molecule has 1 aromatic heterocycles. The minimum Gasteiger partial charge on any atom is -0.412 e. The number of rotatable bonds is 4. The summed E-state index contributed by atoms with van der Waals surface area (Å²) in [4.78, 5) is 27.2. The van der Waals surface area contributed by atoms with E-state index in [0.29, 0.717) is 11.1 Å². The van der Waals surface area contributed by atoms with Crippen LogP contribution in [-0.4, -0.2) is 27.0 Å². The molecule has 7 nitrogen and oxygen atoms in total. The fourth-order valence-electron chi connectivity index (χ4n) is 3.28. The lowest BCUT2D eigenvalue weighted by molar-refractivity contribution is -0.125. The predicted octanol–water partition coefficient (Wildman–Crippen LogP) is 2.73. The number of H-pyrrole nitrogens is 1. The van der Waals surface area contributed by atoms with E-state index in [0.717, 1.165) is 0 Å². The Bertz CT molecular complexity index is 974. The van der Waals surface area contributed by atoms with Gasteiger partial charge < -0.3 is 4.42 Å². The minimum atomic E-state index is -1.32. The number of hydrogen-bond acceptors (Lipinski definition) is 5. The minimum absolute atomic E-state index is 0.0193. The van der Waals surface area contributed by atoms with Gasteiger partial charge in [0, 0.05) is 0 Å². The number of nitrogens with zero attached hydrogens (tertiary/aromatic N) is 2. The second-order valence-electron chi connectivity index (χ2n) is 5.79. The van der Waals surface area contributed by atoms with Crippen molar-refractivity contribution >= 4 is 24.2 Å². The van der Waals surface area contributed by atoms with E-state index >= 15 is 0 Å². The number of imide groups is 1. The molecule has 8 heteroatoms. The fraction of sp³-hybridized carbons (Fsp3) is 0.111. The van der Waals surface area contributed by atoms with E-state index in [4.69, 9.17) is 16.6 Å². The summed E-state index contributed by atoms with van der Waals surface area (Å²) >= 11 is 4.90. The summed E-state index contributed by atoms with van der Waals surface area (Å²) in [7, 11) is 0. The number of carbonyl (C=O) groups excluding carboxylic acids is 2. The smallest absolute Gasteiger partial charge is 0.326 e. The summed E-state index contributed by atoms with van der Waals surface area (Å²) in [5, 5.41) is 8.92. The highest BCUT2D eigenvalue weighted by Crippen LogP contribution is 2.40. The molecular formula is C18H14N4O3S. The van der Waals surface area contributed by atoms with Crippen molar-refractivity contribution in [2.45, 2.75) is 12.1 Å². The highest BCUT2D eigenvalue weighted by molar-refractivity contribution is 7.71. The largest absolute Gasteiger partial charge is 0.412 e. The van der Waals surface area contributed by atoms with Crippen LogP contribution in [0, 0.1) is 4.84 Å². The van der Waals surface area contributed by atoms with Crippen LogP contribution < -0.4 is 5.32 Å². The van der Waals surface area contributed by atoms with Crippen LogP contribution >= 0.6 is 12.2 Å². The van der Waals surface area contributed by atoms with Crippen molar-refractivity contribution < 1.29 is 14.0 Å². The maximum absolute atomic E-state index is 13.1. The van der Waals surface area contributed by atoms with Crippen molar-refractivity contribution in [3.8, 4) is 0 Å². The highest BCUT2D eigenvalue weighted by Gasteiger charge is 2.55. The zero-order valence-corrected chi connectivity index (χ0v) is 14.3. The van der Waals surface area contributed by atoms with Gasteiger partial charge in [0.15, 0.2) is 5.54 Å². The molecule has 0 spiro atoms. The molecule has 1 aliphatic heterocycles. The lowest BCUT2D eigenvalue weighted by Crippen LogP contribution is -2.47. The molecule has 2 heterocycles. The molecule has 4 rings (SSSR count). The molecule has 3 amide bonds. The van der Waals surface area contributed by atoms with Gasteiger partial charge in [-0.2, -0.15) is 0 Å². The Morgan fingerprint density at radius 1 is 1.00 bits per heavy atom. The molecule has 0 aliphatic carbocycles. The van der Waals surface area contributed by atoms with Crippen molar-refractivity contribution in [1.29, 1.82) is 0 Å². The molecule has 0 unspecified atom stereocenters. The lowest BCUT2D eigenvalue weighted by Gasteiger charge is -2.35. The van der Waals surface area contributed by atoms with E-state index in [1.807, 2.05) is 60.7 Å². The van der Waals surface area contributed by atoms with E-state index in [1.54, 1.807) is 0 Å². The maximum Gasteiger partial charge on any atom is 0.326 e. The third-order valence-corrected chi connectivity index (χ3v) is 4.53. The van der Waals surface area contributed by atoms with E-state index in [-0.39, 0.29) is 17.3 Å². The molecular weight excluding hydrogens is 352 g/mol. The van der Waals surface area contributed by atoms with Gasteiger partial charge in [-0.25, -0.2) is 9.89 Å². The van der Waals surface area contributed by atoms with Gasteiger partial charge >= 0.3 is 6.03 Å². The van der Waals surface area contributed by atoms with Gasteiger partial charge in [0.05, 0.1) is 0 Å². The average molecular weight is 366 g/mol. The first-order chi connectivity index (χ1) is 12.6. The first kappa shape index (κ1) is 16.2. The third-order valence-electron chi connectivity index (χ3n) is 4.36. The van der Waals surface area contributed by atoms with Crippen LogP contribution in [0.15, 0.2) is 65.1 Å². The van der Waals surface area contributed by atoms with Crippen LogP contribution in [0.3, 0.4) is 0 Å². The van der Waals surface area contributed by atoms with Crippen molar-refractivity contribution in [2.24, 2.45) is 0 Å². The zero-order chi connectivity index (χ0) is 18.1. The predicted molar refractivity (Wildman–Crippen MR) is 94.4 cm³/mol. The van der Waals surface area contributed by atoms with Crippen LogP contribution in [0.1, 0.15) is 17.0 Å². The number of carbonyl (C=O) groups is 2. The molecule has 0 atom stereocenters. The van der Waals surface area contributed by atoms with Crippen molar-refractivity contribution in [2.75, 3.05) is 0 Å². The number of nitrogens with one attached hydrogen (secondary N) is 2. The normalized spacial score (nSPS) is 15.9. The van der Waals surface area contributed by atoms with Gasteiger partial charge in [-0.3, -0.25) is 15.0 Å². The van der Waals surface area contributed by atoms with Gasteiger partial charge in [-0.15, -0.1) is 5.10 Å². The molecule has 26 heavy (non-hydrogen) atoms. The number of aromatic amines is 1. The SMILES string of the molecule is O=C1NC(=O)C(c2ccccc2)(c2ccccc2)N1Cc1n[nH]c(=S)o1. The number of hydrogen-bond donors (Lipinski definition) is 2. The number of urea groups is 1. The summed E-state index contributed by atoms with van der Waals surface area (Å²) in [6.07, 6.45) is 0. The number of benzene rings is 2. The summed E-state index contributed by atoms with van der Waals surface area (Å²) < 4.78 is 5.31. The third kappa shape index (κ3) is 2.42. The molecule has 2 aromatic carbocycles. The monoisotopic (exact) mass is 366 g/mol. The summed E-state index contributed by atoms with van der Waals surface area (Å²) in [5.74, 6) is -0.204. The molecule has 130 valence electrons. The molecule has 2 N–H and O–H groups in total. The zero-order valence-electron chi connectivity index (χ0n) is 13.5. The van der Waals surface area contributed by atoms with Crippen LogP contribution in [0.25, 0.3) is 0 Å². The van der Waals surface area contributed by atoms with Crippen LogP contribution in [0.4, 0.5) is 4.79 Å². The molecule has 1 fully saturated rings. The van der Waals surface area contributed by atoms with Crippen molar-refractivity contribution in [3.05, 3.63) is 82.5 Å². The average Bonchev–Trinajstić information content (AvgIpc) is 3.18. The Hall–Kier alpha value is -3.26. The summed E-state index contributed by atoms with van der Waals surface area (Å²) in [6, 6.07) is 17.8. The molecule has 0 radical (unpaired) electrons. The number of amides is 3. The van der Waals surface area contributed by atoms with Crippen molar-refractivity contribution in [1.82, 2.24) is 20.4 Å². The van der Waals surface area contributed by atoms with Gasteiger partial charge in [0.1, 0.15) is 6.54 Å². The van der Waals surface area contributed by atoms with Gasteiger partial charge in [0.2, 0.25) is 5.89 Å². The number of aromatic nitrogens is 2. The topological polar surface area (TPSA) is 91.2 Å². The van der Waals surface area contributed by atoms with E-state index < -0.39 is 17.5 Å². The van der Waals surface area contributed by atoms with Gasteiger partial charge in [-0.1, -0.05) is 60.7 Å². The first-order valence-electron chi connectivity index (χ1n) is 7.91. The highest BCUT2D eigenvalue weighted by atomic mass is 32.1. The Balaban J connectivity index is 1.93. The molecule has 3 aromatic rings. The molecule has 0 saturated carbocycles. The molecule has 1 aliphatic rings. The lowest BCUT2D eigenvalue weighted by atomic mass is 9.81. The maximum atomic E-state index is 13.1. The molecule has 1 saturated heterocycles. The second kappa shape index (κ2) is 6.23. The van der Waals surface area contributed by atoms with Gasteiger partial charge in [-0.05, 0) is 23.3 Å². The first-order valence-corrected chi connectivity index (χ1v) is 8.31. The molecule has 0 bridgehead atoms. The van der Waals surface area contributed by atoms with Crippen molar-refractivity contribution in [3.63, 3.8) is 0 Å². The van der Waals surface area contributed by atoms with Gasteiger partial charge in [0.25, 0.3) is 10.7 Å². The Labute approximate surface area is 153 Å². The Morgan fingerprint density at radius 3 is 2.08 bits per heavy atom. The second-order valence-corrected chi connectivity index (χ2v) is 6.17. The van der Waals surface area contributed by atoms with E-state index in [1.165, 1.54) is 4.90 Å². The quantitative estimate of drug-likeness (QED) is 0.547.